The first-order valence-corrected chi connectivity index (χ1v) is 3.51. The van der Waals surface area contributed by atoms with Crippen molar-refractivity contribution in [2.45, 2.75) is 19.8 Å². The van der Waals surface area contributed by atoms with E-state index in [9.17, 15) is 0 Å². The second-order valence-corrected chi connectivity index (χ2v) is 2.42. The van der Waals surface area contributed by atoms with Crippen LogP contribution in [0.2, 0.25) is 0 Å². The Balaban J connectivity index is 2.38. The summed E-state index contributed by atoms with van der Waals surface area (Å²) >= 11 is 0. The molecule has 0 saturated carbocycles. The molecule has 5 nitrogen and oxygen atoms in total. The number of fused-ring (bicyclic) bond motifs is 1. The van der Waals surface area contributed by atoms with Crippen molar-refractivity contribution in [3.63, 3.8) is 0 Å². The molecule has 1 aromatic rings. The quantitative estimate of drug-likeness (QED) is 0.582. The molecule has 1 aliphatic heterocycles. The second kappa shape index (κ2) is 2.60. The lowest BCUT2D eigenvalue weighted by molar-refractivity contribution is 0.0782. The maximum absolute atomic E-state index is 8.81. The van der Waals surface area contributed by atoms with Gasteiger partial charge in [-0.2, -0.15) is 0 Å². The minimum absolute atomic E-state index is 0.0569. The van der Waals surface area contributed by atoms with Crippen molar-refractivity contribution in [2.75, 3.05) is 6.61 Å². The summed E-state index contributed by atoms with van der Waals surface area (Å²) in [5, 5.41) is 16.5. The van der Waals surface area contributed by atoms with E-state index < -0.39 is 0 Å². The maximum atomic E-state index is 8.81. The predicted molar refractivity (Wildman–Crippen MR) is 35.6 cm³/mol. The van der Waals surface area contributed by atoms with Gasteiger partial charge in [-0.25, -0.2) is 4.68 Å². The van der Waals surface area contributed by atoms with Gasteiger partial charge in [0.25, 0.3) is 0 Å². The predicted octanol–water partition coefficient (Wildman–Crippen LogP) is -0.699. The molecule has 2 heterocycles. The Kier molecular flexibility index (Phi) is 1.59. The Bertz CT molecular complexity index is 245. The fraction of sp³-hybridized carbons (Fsp3) is 0.667. The second-order valence-electron chi connectivity index (χ2n) is 2.42. The lowest BCUT2D eigenvalue weighted by atomic mass is 10.3. The van der Waals surface area contributed by atoms with Crippen LogP contribution in [0.4, 0.5) is 0 Å². The molecular formula is C6H9N3O2. The van der Waals surface area contributed by atoms with Crippen LogP contribution >= 0.6 is 0 Å². The molecule has 0 atom stereocenters. The van der Waals surface area contributed by atoms with Crippen LogP contribution in [0, 0.1) is 0 Å². The van der Waals surface area contributed by atoms with E-state index in [-0.39, 0.29) is 6.61 Å². The molecule has 0 unspecified atom stereocenters. The summed E-state index contributed by atoms with van der Waals surface area (Å²) in [6.07, 6.45) is 0. The van der Waals surface area contributed by atoms with E-state index in [1.54, 1.807) is 4.68 Å². The summed E-state index contributed by atoms with van der Waals surface area (Å²) in [5.41, 5.74) is 1.53. The third kappa shape index (κ3) is 1.02. The van der Waals surface area contributed by atoms with Crippen LogP contribution in [0.25, 0.3) is 0 Å². The molecule has 0 saturated heterocycles. The molecule has 0 aliphatic carbocycles. The van der Waals surface area contributed by atoms with Gasteiger partial charge < -0.3 is 9.84 Å². The van der Waals surface area contributed by atoms with Gasteiger partial charge in [0, 0.05) is 0 Å². The number of aromatic nitrogens is 3. The van der Waals surface area contributed by atoms with Crippen molar-refractivity contribution < 1.29 is 9.84 Å². The number of hydrogen-bond acceptors (Lipinski definition) is 4. The van der Waals surface area contributed by atoms with Gasteiger partial charge in [0.2, 0.25) is 0 Å². The van der Waals surface area contributed by atoms with Crippen LogP contribution in [0.1, 0.15) is 11.4 Å². The van der Waals surface area contributed by atoms with E-state index >= 15 is 0 Å². The Hall–Kier alpha value is -0.940. The van der Waals surface area contributed by atoms with E-state index in [0.29, 0.717) is 18.9 Å². The summed E-state index contributed by atoms with van der Waals surface area (Å²) in [6, 6.07) is 0. The first-order chi connectivity index (χ1) is 5.42. The summed E-state index contributed by atoms with van der Waals surface area (Å²) in [4.78, 5) is 0. The van der Waals surface area contributed by atoms with Crippen molar-refractivity contribution in [1.82, 2.24) is 15.0 Å². The number of nitrogens with zero attached hydrogens (tertiary/aromatic N) is 3. The van der Waals surface area contributed by atoms with Crippen molar-refractivity contribution in [3.05, 3.63) is 11.4 Å². The van der Waals surface area contributed by atoms with Gasteiger partial charge in [0.1, 0.15) is 5.69 Å². The molecule has 60 valence electrons. The molecule has 0 radical (unpaired) electrons. The third-order valence-electron chi connectivity index (χ3n) is 1.75. The SMILES string of the molecule is OCc1nnn2c1COCC2. The highest BCUT2D eigenvalue weighted by molar-refractivity contribution is 5.08. The minimum atomic E-state index is -0.0569. The maximum Gasteiger partial charge on any atom is 0.114 e. The molecule has 0 aromatic carbocycles. The van der Waals surface area contributed by atoms with E-state index in [1.165, 1.54) is 0 Å². The molecule has 0 amide bonds. The largest absolute Gasteiger partial charge is 0.390 e. The lowest BCUT2D eigenvalue weighted by Crippen LogP contribution is -2.17. The van der Waals surface area contributed by atoms with Crippen molar-refractivity contribution in [2.24, 2.45) is 0 Å². The summed E-state index contributed by atoms with van der Waals surface area (Å²) in [7, 11) is 0. The molecule has 11 heavy (non-hydrogen) atoms. The normalized spacial score (nSPS) is 16.5. The van der Waals surface area contributed by atoms with Crippen LogP contribution in [-0.2, 0) is 24.5 Å². The van der Waals surface area contributed by atoms with Gasteiger partial charge in [-0.15, -0.1) is 5.10 Å². The topological polar surface area (TPSA) is 60.2 Å². The minimum Gasteiger partial charge on any atom is -0.390 e. The summed E-state index contributed by atoms with van der Waals surface area (Å²) in [5.74, 6) is 0. The van der Waals surface area contributed by atoms with Gasteiger partial charge in [-0.1, -0.05) is 5.21 Å². The zero-order valence-electron chi connectivity index (χ0n) is 6.03. The average Bonchev–Trinajstić information content (AvgIpc) is 2.47. The van der Waals surface area contributed by atoms with E-state index in [2.05, 4.69) is 10.3 Å². The Morgan fingerprint density at radius 1 is 1.64 bits per heavy atom. The van der Waals surface area contributed by atoms with E-state index in [4.69, 9.17) is 9.84 Å². The van der Waals surface area contributed by atoms with Gasteiger partial charge in [-0.05, 0) is 0 Å². The first-order valence-electron chi connectivity index (χ1n) is 3.51. The molecule has 1 N–H and O–H groups in total. The number of aliphatic hydroxyl groups is 1. The van der Waals surface area contributed by atoms with Gasteiger partial charge in [-0.3, -0.25) is 0 Å². The van der Waals surface area contributed by atoms with Crippen molar-refractivity contribution in [3.8, 4) is 0 Å². The van der Waals surface area contributed by atoms with E-state index in [1.807, 2.05) is 0 Å². The zero-order chi connectivity index (χ0) is 7.68. The standard InChI is InChI=1S/C6H9N3O2/c10-3-5-6-4-11-2-1-9(6)8-7-5/h10H,1-4H2. The molecule has 1 aromatic heterocycles. The highest BCUT2D eigenvalue weighted by atomic mass is 16.5. The fourth-order valence-corrected chi connectivity index (χ4v) is 1.15. The van der Waals surface area contributed by atoms with Crippen LogP contribution in [-0.4, -0.2) is 26.7 Å². The molecular weight excluding hydrogens is 146 g/mol. The summed E-state index contributed by atoms with van der Waals surface area (Å²) < 4.78 is 6.96. The zero-order valence-corrected chi connectivity index (χ0v) is 6.03. The van der Waals surface area contributed by atoms with Crippen molar-refractivity contribution in [1.29, 1.82) is 0 Å². The van der Waals surface area contributed by atoms with Gasteiger partial charge in [0.05, 0.1) is 32.1 Å². The monoisotopic (exact) mass is 155 g/mol. The molecule has 0 spiro atoms. The molecule has 5 heteroatoms. The lowest BCUT2D eigenvalue weighted by Gasteiger charge is -2.13. The number of aliphatic hydroxyl groups excluding tert-OH is 1. The number of ether oxygens (including phenoxy) is 1. The Morgan fingerprint density at radius 2 is 2.55 bits per heavy atom. The first kappa shape index (κ1) is 6.75. The fourth-order valence-electron chi connectivity index (χ4n) is 1.15. The highest BCUT2D eigenvalue weighted by Crippen LogP contribution is 2.10. The van der Waals surface area contributed by atoms with Gasteiger partial charge >= 0.3 is 0 Å². The number of rotatable bonds is 1. The molecule has 0 fully saturated rings. The molecule has 1 aliphatic rings. The highest BCUT2D eigenvalue weighted by Gasteiger charge is 2.15. The molecule has 0 bridgehead atoms. The van der Waals surface area contributed by atoms with Crippen molar-refractivity contribution >= 4 is 0 Å². The Labute approximate surface area is 63.6 Å². The van der Waals surface area contributed by atoms with Crippen LogP contribution < -0.4 is 0 Å². The average molecular weight is 155 g/mol. The summed E-state index contributed by atoms with van der Waals surface area (Å²) in [6.45, 7) is 1.88. The van der Waals surface area contributed by atoms with Crippen LogP contribution in [0.5, 0.6) is 0 Å². The number of hydrogen-bond donors (Lipinski definition) is 1. The Morgan fingerprint density at radius 3 is 3.36 bits per heavy atom. The van der Waals surface area contributed by atoms with Crippen LogP contribution in [0.15, 0.2) is 0 Å². The third-order valence-corrected chi connectivity index (χ3v) is 1.75. The molecule has 2 rings (SSSR count). The van der Waals surface area contributed by atoms with E-state index in [0.717, 1.165) is 12.2 Å². The van der Waals surface area contributed by atoms with Gasteiger partial charge in [0.15, 0.2) is 0 Å². The van der Waals surface area contributed by atoms with Crippen LogP contribution in [0.3, 0.4) is 0 Å². The smallest absolute Gasteiger partial charge is 0.114 e.